The summed E-state index contributed by atoms with van der Waals surface area (Å²) in [5, 5.41) is 3.55. The standard InChI is InChI=1S/C14H25N3/c1-2-5-16-6-4-14(13(16)3-1)17-9-11-7-15-8-12(11)10-17/h11-15H,1-10H2. The summed E-state index contributed by atoms with van der Waals surface area (Å²) in [5.74, 6) is 1.93. The van der Waals surface area contributed by atoms with Gasteiger partial charge in [0.1, 0.15) is 0 Å². The van der Waals surface area contributed by atoms with E-state index in [0.29, 0.717) is 0 Å². The summed E-state index contributed by atoms with van der Waals surface area (Å²) in [6, 6.07) is 1.82. The number of nitrogens with zero attached hydrogens (tertiary/aromatic N) is 2. The monoisotopic (exact) mass is 235 g/mol. The van der Waals surface area contributed by atoms with Crippen molar-refractivity contribution < 1.29 is 0 Å². The summed E-state index contributed by atoms with van der Waals surface area (Å²) in [4.78, 5) is 5.63. The third-order valence-electron chi connectivity index (χ3n) is 5.71. The molecule has 0 radical (unpaired) electrons. The molecule has 0 aromatic rings. The predicted octanol–water partition coefficient (Wildman–Crippen LogP) is 0.764. The highest BCUT2D eigenvalue weighted by molar-refractivity contribution is 5.00. The Bertz CT molecular complexity index is 281. The fraction of sp³-hybridized carbons (Fsp3) is 1.00. The second-order valence-corrected chi connectivity index (χ2v) is 6.59. The second-order valence-electron chi connectivity index (χ2n) is 6.59. The zero-order valence-electron chi connectivity index (χ0n) is 10.8. The summed E-state index contributed by atoms with van der Waals surface area (Å²) in [6.45, 7) is 8.08. The molecule has 0 amide bonds. The number of likely N-dealkylation sites (tertiary alicyclic amines) is 1. The predicted molar refractivity (Wildman–Crippen MR) is 69.0 cm³/mol. The summed E-state index contributed by atoms with van der Waals surface area (Å²) >= 11 is 0. The van der Waals surface area contributed by atoms with Gasteiger partial charge in [-0.15, -0.1) is 0 Å². The summed E-state index contributed by atoms with van der Waals surface area (Å²) < 4.78 is 0. The topological polar surface area (TPSA) is 18.5 Å². The molecule has 4 atom stereocenters. The van der Waals surface area contributed by atoms with Gasteiger partial charge in [0.05, 0.1) is 0 Å². The smallest absolute Gasteiger partial charge is 0.0264 e. The van der Waals surface area contributed by atoms with Crippen LogP contribution in [0.3, 0.4) is 0 Å². The lowest BCUT2D eigenvalue weighted by Crippen LogP contribution is -2.46. The van der Waals surface area contributed by atoms with Crippen molar-refractivity contribution in [2.24, 2.45) is 11.8 Å². The van der Waals surface area contributed by atoms with E-state index in [4.69, 9.17) is 0 Å². The number of rotatable bonds is 1. The van der Waals surface area contributed by atoms with Gasteiger partial charge in [-0.1, -0.05) is 6.42 Å². The van der Waals surface area contributed by atoms with Gasteiger partial charge in [-0.2, -0.15) is 0 Å². The van der Waals surface area contributed by atoms with E-state index in [9.17, 15) is 0 Å². The summed E-state index contributed by atoms with van der Waals surface area (Å²) in [6.07, 6.45) is 5.82. The SMILES string of the molecule is C1CCN2CCC(N3CC4CNCC4C3)C2C1. The van der Waals surface area contributed by atoms with Gasteiger partial charge in [-0.3, -0.25) is 9.80 Å². The Morgan fingerprint density at radius 2 is 1.53 bits per heavy atom. The Morgan fingerprint density at radius 1 is 0.765 bits per heavy atom. The molecule has 1 N–H and O–H groups in total. The van der Waals surface area contributed by atoms with Crippen molar-refractivity contribution in [2.75, 3.05) is 39.3 Å². The second kappa shape index (κ2) is 4.22. The van der Waals surface area contributed by atoms with Crippen LogP contribution in [0.2, 0.25) is 0 Å². The van der Waals surface area contributed by atoms with Crippen LogP contribution in [0.5, 0.6) is 0 Å². The molecule has 0 bridgehead atoms. The van der Waals surface area contributed by atoms with Crippen molar-refractivity contribution in [3.63, 3.8) is 0 Å². The summed E-state index contributed by atoms with van der Waals surface area (Å²) in [5.41, 5.74) is 0. The molecule has 4 fully saturated rings. The van der Waals surface area contributed by atoms with Gasteiger partial charge in [0.2, 0.25) is 0 Å². The molecule has 0 saturated carbocycles. The maximum Gasteiger partial charge on any atom is 0.0264 e. The number of piperidine rings is 1. The molecule has 0 spiro atoms. The molecule has 4 aliphatic rings. The van der Waals surface area contributed by atoms with E-state index in [1.54, 1.807) is 0 Å². The molecule has 17 heavy (non-hydrogen) atoms. The lowest BCUT2D eigenvalue weighted by molar-refractivity contribution is 0.125. The van der Waals surface area contributed by atoms with Crippen LogP contribution < -0.4 is 5.32 Å². The number of nitrogens with one attached hydrogen (secondary N) is 1. The molecular weight excluding hydrogens is 210 g/mol. The van der Waals surface area contributed by atoms with Crippen LogP contribution in [0.4, 0.5) is 0 Å². The van der Waals surface area contributed by atoms with Crippen LogP contribution >= 0.6 is 0 Å². The van der Waals surface area contributed by atoms with E-state index in [-0.39, 0.29) is 0 Å². The van der Waals surface area contributed by atoms with E-state index in [1.807, 2.05) is 0 Å². The van der Waals surface area contributed by atoms with Crippen LogP contribution in [-0.2, 0) is 0 Å². The van der Waals surface area contributed by atoms with Gasteiger partial charge in [0.25, 0.3) is 0 Å². The molecule has 3 nitrogen and oxygen atoms in total. The largest absolute Gasteiger partial charge is 0.316 e. The number of hydrogen-bond acceptors (Lipinski definition) is 3. The molecule has 4 unspecified atom stereocenters. The Hall–Kier alpha value is -0.120. The van der Waals surface area contributed by atoms with E-state index < -0.39 is 0 Å². The van der Waals surface area contributed by atoms with Crippen molar-refractivity contribution in [1.82, 2.24) is 15.1 Å². The minimum atomic E-state index is 0.904. The zero-order valence-corrected chi connectivity index (χ0v) is 10.8. The summed E-state index contributed by atoms with van der Waals surface area (Å²) in [7, 11) is 0. The normalized spacial score (nSPS) is 47.3. The number of hydrogen-bond donors (Lipinski definition) is 1. The molecular formula is C14H25N3. The number of fused-ring (bicyclic) bond motifs is 2. The zero-order chi connectivity index (χ0) is 11.2. The van der Waals surface area contributed by atoms with Crippen molar-refractivity contribution in [1.29, 1.82) is 0 Å². The minimum Gasteiger partial charge on any atom is -0.316 e. The molecule has 0 aromatic heterocycles. The molecule has 4 saturated heterocycles. The third kappa shape index (κ3) is 1.74. The fourth-order valence-corrected chi connectivity index (χ4v) is 4.81. The van der Waals surface area contributed by atoms with Gasteiger partial charge >= 0.3 is 0 Å². The maximum absolute atomic E-state index is 3.55. The van der Waals surface area contributed by atoms with Crippen LogP contribution in [0, 0.1) is 11.8 Å². The first-order valence-corrected chi connectivity index (χ1v) is 7.60. The van der Waals surface area contributed by atoms with Crippen molar-refractivity contribution in [3.05, 3.63) is 0 Å². The lowest BCUT2D eigenvalue weighted by Gasteiger charge is -2.36. The highest BCUT2D eigenvalue weighted by Crippen LogP contribution is 2.35. The van der Waals surface area contributed by atoms with Crippen molar-refractivity contribution in [3.8, 4) is 0 Å². The Morgan fingerprint density at radius 3 is 2.35 bits per heavy atom. The Kier molecular flexibility index (Phi) is 2.67. The van der Waals surface area contributed by atoms with Crippen LogP contribution in [0.25, 0.3) is 0 Å². The molecule has 4 heterocycles. The van der Waals surface area contributed by atoms with Crippen molar-refractivity contribution >= 4 is 0 Å². The van der Waals surface area contributed by atoms with Gasteiger partial charge in [0, 0.05) is 31.7 Å². The molecule has 96 valence electrons. The first-order chi connectivity index (χ1) is 8.42. The minimum absolute atomic E-state index is 0.904. The van der Waals surface area contributed by atoms with Crippen LogP contribution in [0.15, 0.2) is 0 Å². The average molecular weight is 235 g/mol. The van der Waals surface area contributed by atoms with Gasteiger partial charge in [0.15, 0.2) is 0 Å². The highest BCUT2D eigenvalue weighted by atomic mass is 15.3. The van der Waals surface area contributed by atoms with E-state index >= 15 is 0 Å². The van der Waals surface area contributed by atoms with Crippen LogP contribution in [0.1, 0.15) is 25.7 Å². The van der Waals surface area contributed by atoms with E-state index in [0.717, 1.165) is 23.9 Å². The Labute approximate surface area is 105 Å². The molecule has 4 aliphatic heterocycles. The first kappa shape index (κ1) is 10.8. The van der Waals surface area contributed by atoms with Crippen LogP contribution in [-0.4, -0.2) is 61.2 Å². The first-order valence-electron chi connectivity index (χ1n) is 7.60. The van der Waals surface area contributed by atoms with Crippen molar-refractivity contribution in [2.45, 2.75) is 37.8 Å². The average Bonchev–Trinajstić information content (AvgIpc) is 3.01. The molecule has 4 rings (SSSR count). The Balaban J connectivity index is 1.45. The van der Waals surface area contributed by atoms with E-state index in [2.05, 4.69) is 15.1 Å². The lowest BCUT2D eigenvalue weighted by atomic mass is 9.98. The highest BCUT2D eigenvalue weighted by Gasteiger charge is 2.44. The fourth-order valence-electron chi connectivity index (χ4n) is 4.81. The maximum atomic E-state index is 3.55. The molecule has 3 heteroatoms. The molecule has 0 aromatic carbocycles. The third-order valence-corrected chi connectivity index (χ3v) is 5.71. The van der Waals surface area contributed by atoms with Gasteiger partial charge in [-0.25, -0.2) is 0 Å². The van der Waals surface area contributed by atoms with E-state index in [1.165, 1.54) is 65.0 Å². The quantitative estimate of drug-likeness (QED) is 0.724. The van der Waals surface area contributed by atoms with Gasteiger partial charge in [-0.05, 0) is 50.7 Å². The molecule has 0 aliphatic carbocycles. The van der Waals surface area contributed by atoms with Gasteiger partial charge < -0.3 is 5.32 Å².